The first-order valence-electron chi connectivity index (χ1n) is 5.30. The van der Waals surface area contributed by atoms with Gasteiger partial charge in [-0.1, -0.05) is 22.0 Å². The summed E-state index contributed by atoms with van der Waals surface area (Å²) in [5.41, 5.74) is 0.0224. The zero-order valence-corrected chi connectivity index (χ0v) is 11.4. The van der Waals surface area contributed by atoms with Gasteiger partial charge in [-0.05, 0) is 17.7 Å². The zero-order valence-electron chi connectivity index (χ0n) is 9.85. The molecule has 0 aliphatic rings. The van der Waals surface area contributed by atoms with Crippen LogP contribution in [-0.4, -0.2) is 34.9 Å². The predicted molar refractivity (Wildman–Crippen MR) is 64.5 cm³/mol. The van der Waals surface area contributed by atoms with Gasteiger partial charge in [0.05, 0.1) is 6.10 Å². The third-order valence-corrected chi connectivity index (χ3v) is 2.93. The molecule has 0 bridgehead atoms. The number of halogens is 5. The van der Waals surface area contributed by atoms with Gasteiger partial charge in [-0.15, -0.1) is 0 Å². The number of alkyl halides is 5. The Hall–Kier alpha value is -1.06. The fourth-order valence-corrected chi connectivity index (χ4v) is 1.75. The maximum atomic E-state index is 12.2. The second-order valence-electron chi connectivity index (χ2n) is 3.63. The Balaban J connectivity index is 3.06. The molecule has 0 heterocycles. The van der Waals surface area contributed by atoms with E-state index in [9.17, 15) is 27.8 Å². The molecule has 1 aromatic rings. The molecule has 0 aliphatic heterocycles. The van der Waals surface area contributed by atoms with E-state index < -0.39 is 36.9 Å². The summed E-state index contributed by atoms with van der Waals surface area (Å²) in [5.74, 6) is -1.25. The van der Waals surface area contributed by atoms with Crippen molar-refractivity contribution in [3.05, 3.63) is 23.8 Å². The summed E-state index contributed by atoms with van der Waals surface area (Å²) in [6.07, 6.45) is -2.59. The third-order valence-electron chi connectivity index (χ3n) is 2.26. The fourth-order valence-electron chi connectivity index (χ4n) is 1.40. The van der Waals surface area contributed by atoms with Crippen LogP contribution in [0.3, 0.4) is 0 Å². The zero-order chi connectivity index (χ0) is 15.3. The smallest absolute Gasteiger partial charge is 0.387 e. The quantitative estimate of drug-likeness (QED) is 0.578. The molecule has 20 heavy (non-hydrogen) atoms. The molecule has 1 rings (SSSR count). The van der Waals surface area contributed by atoms with E-state index in [0.29, 0.717) is 0 Å². The van der Waals surface area contributed by atoms with Crippen molar-refractivity contribution < 1.29 is 37.2 Å². The maximum absolute atomic E-state index is 12.2. The fraction of sp³-hybridized carbons (Fsp3) is 0.455. The standard InChI is InChI=1S/C11H11BrF4O4/c12-4-6(17)9(18)5-1-2-7(19-10(13)14)8(3-5)20-11(15)16/h1-3,6,9-11,17-18H,4H2. The molecular formula is C11H11BrF4O4. The number of hydrogen-bond donors (Lipinski definition) is 2. The average molecular weight is 363 g/mol. The molecule has 1 aromatic carbocycles. The van der Waals surface area contributed by atoms with Crippen molar-refractivity contribution in [2.75, 3.05) is 5.33 Å². The molecule has 2 unspecified atom stereocenters. The maximum Gasteiger partial charge on any atom is 0.387 e. The SMILES string of the molecule is OC(CBr)C(O)c1ccc(OC(F)F)c(OC(F)F)c1. The lowest BCUT2D eigenvalue weighted by atomic mass is 10.0. The summed E-state index contributed by atoms with van der Waals surface area (Å²) in [6, 6.07) is 3.01. The lowest BCUT2D eigenvalue weighted by molar-refractivity contribution is -0.0694. The summed E-state index contributed by atoms with van der Waals surface area (Å²) in [6.45, 7) is -6.46. The van der Waals surface area contributed by atoms with Gasteiger partial charge in [0.25, 0.3) is 0 Å². The summed E-state index contributed by atoms with van der Waals surface area (Å²) >= 11 is 2.93. The Morgan fingerprint density at radius 1 is 1.00 bits per heavy atom. The van der Waals surface area contributed by atoms with Crippen molar-refractivity contribution >= 4 is 15.9 Å². The second-order valence-corrected chi connectivity index (χ2v) is 4.28. The van der Waals surface area contributed by atoms with Gasteiger partial charge in [-0.3, -0.25) is 0 Å². The largest absolute Gasteiger partial charge is 0.431 e. The van der Waals surface area contributed by atoms with Crippen LogP contribution < -0.4 is 9.47 Å². The highest BCUT2D eigenvalue weighted by molar-refractivity contribution is 9.09. The summed E-state index contributed by atoms with van der Waals surface area (Å²) in [5, 5.41) is 19.2. The number of rotatable bonds is 7. The van der Waals surface area contributed by atoms with Gasteiger partial charge in [0, 0.05) is 5.33 Å². The van der Waals surface area contributed by atoms with Gasteiger partial charge in [0.15, 0.2) is 11.5 Å². The van der Waals surface area contributed by atoms with Crippen molar-refractivity contribution in [1.82, 2.24) is 0 Å². The Kier molecular flexibility index (Phi) is 6.50. The highest BCUT2D eigenvalue weighted by Gasteiger charge is 2.21. The van der Waals surface area contributed by atoms with E-state index in [1.165, 1.54) is 0 Å². The molecule has 0 aromatic heterocycles. The van der Waals surface area contributed by atoms with Gasteiger partial charge in [0.1, 0.15) is 6.10 Å². The lowest BCUT2D eigenvalue weighted by Crippen LogP contribution is -2.19. The van der Waals surface area contributed by atoms with Crippen LogP contribution in [0.2, 0.25) is 0 Å². The van der Waals surface area contributed by atoms with E-state index in [4.69, 9.17) is 0 Å². The summed E-state index contributed by atoms with van der Waals surface area (Å²) in [4.78, 5) is 0. The second kappa shape index (κ2) is 7.65. The van der Waals surface area contributed by atoms with Crippen molar-refractivity contribution in [3.63, 3.8) is 0 Å². The van der Waals surface area contributed by atoms with E-state index in [1.807, 2.05) is 0 Å². The Morgan fingerprint density at radius 2 is 1.55 bits per heavy atom. The first-order chi connectivity index (χ1) is 9.35. The average Bonchev–Trinajstić information content (AvgIpc) is 2.37. The van der Waals surface area contributed by atoms with Crippen molar-refractivity contribution in [2.24, 2.45) is 0 Å². The summed E-state index contributed by atoms with van der Waals surface area (Å²) in [7, 11) is 0. The van der Waals surface area contributed by atoms with E-state index in [-0.39, 0.29) is 10.9 Å². The highest BCUT2D eigenvalue weighted by atomic mass is 79.9. The van der Waals surface area contributed by atoms with Crippen molar-refractivity contribution in [3.8, 4) is 11.5 Å². The molecule has 0 spiro atoms. The minimum Gasteiger partial charge on any atom is -0.431 e. The summed E-state index contributed by atoms with van der Waals surface area (Å²) < 4.78 is 56.7. The van der Waals surface area contributed by atoms with Crippen LogP contribution >= 0.6 is 15.9 Å². The van der Waals surface area contributed by atoms with Crippen molar-refractivity contribution in [2.45, 2.75) is 25.4 Å². The molecule has 114 valence electrons. The Labute approximate surface area is 120 Å². The van der Waals surface area contributed by atoms with Crippen LogP contribution in [0, 0.1) is 0 Å². The molecule has 2 N–H and O–H groups in total. The minimum absolute atomic E-state index is 0.0224. The molecule has 0 amide bonds. The van der Waals surface area contributed by atoms with Crippen LogP contribution in [0.1, 0.15) is 11.7 Å². The molecule has 4 nitrogen and oxygen atoms in total. The number of hydrogen-bond acceptors (Lipinski definition) is 4. The first-order valence-corrected chi connectivity index (χ1v) is 6.43. The van der Waals surface area contributed by atoms with Gasteiger partial charge in [-0.25, -0.2) is 0 Å². The van der Waals surface area contributed by atoms with E-state index in [2.05, 4.69) is 25.4 Å². The number of aliphatic hydroxyl groups is 2. The van der Waals surface area contributed by atoms with Crippen LogP contribution in [0.25, 0.3) is 0 Å². The first kappa shape index (κ1) is 17.0. The molecule has 0 saturated heterocycles. The lowest BCUT2D eigenvalue weighted by Gasteiger charge is -2.18. The number of aliphatic hydroxyl groups excluding tert-OH is 2. The van der Waals surface area contributed by atoms with Gasteiger partial charge in [-0.2, -0.15) is 17.6 Å². The molecule has 9 heteroatoms. The monoisotopic (exact) mass is 362 g/mol. The van der Waals surface area contributed by atoms with Gasteiger partial charge >= 0.3 is 13.2 Å². The molecule has 0 aliphatic carbocycles. The van der Waals surface area contributed by atoms with Crippen molar-refractivity contribution in [1.29, 1.82) is 0 Å². The molecule has 0 fully saturated rings. The van der Waals surface area contributed by atoms with E-state index in [1.54, 1.807) is 0 Å². The predicted octanol–water partition coefficient (Wildman–Crippen LogP) is 2.68. The van der Waals surface area contributed by atoms with Crippen LogP contribution in [0.15, 0.2) is 18.2 Å². The molecule has 0 saturated carbocycles. The van der Waals surface area contributed by atoms with E-state index in [0.717, 1.165) is 18.2 Å². The molecular weight excluding hydrogens is 352 g/mol. The van der Waals surface area contributed by atoms with Crippen LogP contribution in [0.5, 0.6) is 11.5 Å². The van der Waals surface area contributed by atoms with Crippen LogP contribution in [-0.2, 0) is 0 Å². The minimum atomic E-state index is -3.25. The highest BCUT2D eigenvalue weighted by Crippen LogP contribution is 2.33. The Bertz CT molecular complexity index is 433. The normalized spacial score (nSPS) is 14.4. The van der Waals surface area contributed by atoms with Crippen LogP contribution in [0.4, 0.5) is 17.6 Å². The number of benzene rings is 1. The number of ether oxygens (including phenoxy) is 2. The molecule has 0 radical (unpaired) electrons. The van der Waals surface area contributed by atoms with Gasteiger partial charge < -0.3 is 19.7 Å². The van der Waals surface area contributed by atoms with E-state index >= 15 is 0 Å². The molecule has 2 atom stereocenters. The Morgan fingerprint density at radius 3 is 2.05 bits per heavy atom. The topological polar surface area (TPSA) is 58.9 Å². The van der Waals surface area contributed by atoms with Gasteiger partial charge in [0.2, 0.25) is 0 Å². The third kappa shape index (κ3) is 4.80.